The van der Waals surface area contributed by atoms with Gasteiger partial charge in [0.1, 0.15) is 6.42 Å². The molecule has 0 radical (unpaired) electrons. The normalized spacial score (nSPS) is 12.8. The summed E-state index contributed by atoms with van der Waals surface area (Å²) in [5, 5.41) is 18.6. The van der Waals surface area contributed by atoms with Gasteiger partial charge in [-0.05, 0) is 37.6 Å². The Kier molecular flexibility index (Phi) is 4.16. The van der Waals surface area contributed by atoms with Gasteiger partial charge in [-0.25, -0.2) is 0 Å². The SMILES string of the molecule is CCC(C)n1c2ccccc2c2cc(-c3nnc(Cc4nnc(C)o4)o3)ccc21. The summed E-state index contributed by atoms with van der Waals surface area (Å²) in [6.45, 7) is 6.22. The van der Waals surface area contributed by atoms with Crippen molar-refractivity contribution in [1.82, 2.24) is 25.0 Å². The highest BCUT2D eigenvalue weighted by Crippen LogP contribution is 2.35. The lowest BCUT2D eigenvalue weighted by Gasteiger charge is -2.14. The average Bonchev–Trinajstić information content (AvgIpc) is 3.45. The van der Waals surface area contributed by atoms with Crippen molar-refractivity contribution in [3.8, 4) is 11.5 Å². The average molecular weight is 387 g/mol. The Morgan fingerprint density at radius 1 is 0.897 bits per heavy atom. The monoisotopic (exact) mass is 387 g/mol. The molecule has 0 N–H and O–H groups in total. The minimum atomic E-state index is 0.323. The maximum atomic E-state index is 5.86. The topological polar surface area (TPSA) is 82.8 Å². The van der Waals surface area contributed by atoms with Crippen LogP contribution in [-0.4, -0.2) is 25.0 Å². The summed E-state index contributed by atoms with van der Waals surface area (Å²) in [4.78, 5) is 0. The predicted molar refractivity (Wildman–Crippen MR) is 110 cm³/mol. The van der Waals surface area contributed by atoms with Gasteiger partial charge in [0.05, 0.1) is 0 Å². The van der Waals surface area contributed by atoms with Crippen molar-refractivity contribution in [3.63, 3.8) is 0 Å². The first-order valence-corrected chi connectivity index (χ1v) is 9.78. The first kappa shape index (κ1) is 17.6. The Morgan fingerprint density at radius 3 is 2.45 bits per heavy atom. The van der Waals surface area contributed by atoms with Gasteiger partial charge in [-0.2, -0.15) is 0 Å². The van der Waals surface area contributed by atoms with Crippen molar-refractivity contribution < 1.29 is 8.83 Å². The molecule has 29 heavy (non-hydrogen) atoms. The molecule has 7 heteroatoms. The number of para-hydroxylation sites is 1. The third kappa shape index (κ3) is 2.99. The molecular weight excluding hydrogens is 366 g/mol. The molecule has 0 saturated carbocycles. The minimum Gasteiger partial charge on any atom is -0.425 e. The first-order valence-electron chi connectivity index (χ1n) is 9.78. The standard InChI is InChI=1S/C22H21N5O2/c1-4-13(2)27-18-8-6-5-7-16(18)17-11-15(9-10-19(17)27)22-26-25-21(29-22)12-20-24-23-14(3)28-20/h5-11,13H,4,12H2,1-3H3. The molecule has 3 heterocycles. The van der Waals surface area contributed by atoms with Gasteiger partial charge in [-0.1, -0.05) is 25.1 Å². The smallest absolute Gasteiger partial charge is 0.247 e. The highest BCUT2D eigenvalue weighted by molar-refractivity contribution is 6.09. The summed E-state index contributed by atoms with van der Waals surface area (Å²) in [7, 11) is 0. The van der Waals surface area contributed by atoms with Crippen molar-refractivity contribution in [2.45, 2.75) is 39.7 Å². The van der Waals surface area contributed by atoms with E-state index in [0.29, 0.717) is 36.0 Å². The van der Waals surface area contributed by atoms with E-state index in [1.54, 1.807) is 6.92 Å². The molecule has 1 atom stereocenters. The van der Waals surface area contributed by atoms with Gasteiger partial charge in [0, 0.05) is 40.3 Å². The van der Waals surface area contributed by atoms with E-state index in [-0.39, 0.29) is 0 Å². The Labute approximate surface area is 167 Å². The predicted octanol–water partition coefficient (Wildman–Crippen LogP) is 5.10. The van der Waals surface area contributed by atoms with Crippen molar-refractivity contribution in [1.29, 1.82) is 0 Å². The van der Waals surface area contributed by atoms with E-state index in [1.165, 1.54) is 21.8 Å². The van der Waals surface area contributed by atoms with E-state index < -0.39 is 0 Å². The zero-order valence-corrected chi connectivity index (χ0v) is 16.6. The van der Waals surface area contributed by atoms with Crippen LogP contribution < -0.4 is 0 Å². The minimum absolute atomic E-state index is 0.323. The molecule has 3 aromatic heterocycles. The Bertz CT molecular complexity index is 1310. The zero-order chi connectivity index (χ0) is 20.0. The molecule has 2 aromatic carbocycles. The van der Waals surface area contributed by atoms with E-state index in [1.807, 2.05) is 6.07 Å². The first-order chi connectivity index (χ1) is 14.1. The van der Waals surface area contributed by atoms with Gasteiger partial charge in [-0.3, -0.25) is 0 Å². The molecule has 0 amide bonds. The molecule has 5 rings (SSSR count). The molecule has 1 unspecified atom stereocenters. The zero-order valence-electron chi connectivity index (χ0n) is 16.6. The molecule has 0 aliphatic carbocycles. The number of rotatable bonds is 5. The van der Waals surface area contributed by atoms with Crippen molar-refractivity contribution >= 4 is 21.8 Å². The molecule has 0 aliphatic rings. The third-order valence-corrected chi connectivity index (χ3v) is 5.33. The maximum absolute atomic E-state index is 5.86. The number of aryl methyl sites for hydroxylation is 1. The molecule has 0 fully saturated rings. The van der Waals surface area contributed by atoms with Crippen LogP contribution in [0.1, 0.15) is 44.0 Å². The summed E-state index contributed by atoms with van der Waals surface area (Å²) < 4.78 is 13.7. The van der Waals surface area contributed by atoms with Gasteiger partial charge in [0.25, 0.3) is 0 Å². The quantitative estimate of drug-likeness (QED) is 0.417. The fourth-order valence-corrected chi connectivity index (χ4v) is 3.77. The second-order valence-electron chi connectivity index (χ2n) is 7.27. The fraction of sp³-hybridized carbons (Fsp3) is 0.273. The number of benzene rings is 2. The molecule has 0 spiro atoms. The van der Waals surface area contributed by atoms with Gasteiger partial charge >= 0.3 is 0 Å². The summed E-state index contributed by atoms with van der Waals surface area (Å²) in [5.74, 6) is 1.91. The highest BCUT2D eigenvalue weighted by atomic mass is 16.4. The van der Waals surface area contributed by atoms with Crippen molar-refractivity contribution in [3.05, 3.63) is 60.1 Å². The second-order valence-corrected chi connectivity index (χ2v) is 7.27. The van der Waals surface area contributed by atoms with Gasteiger partial charge < -0.3 is 13.4 Å². The third-order valence-electron chi connectivity index (χ3n) is 5.33. The van der Waals surface area contributed by atoms with Crippen LogP contribution in [-0.2, 0) is 6.42 Å². The number of aromatic nitrogens is 5. The lowest BCUT2D eigenvalue weighted by molar-refractivity contribution is 0.446. The Balaban J connectivity index is 1.58. The lowest BCUT2D eigenvalue weighted by atomic mass is 10.1. The number of fused-ring (bicyclic) bond motifs is 3. The van der Waals surface area contributed by atoms with Crippen LogP contribution in [0.4, 0.5) is 0 Å². The van der Waals surface area contributed by atoms with E-state index >= 15 is 0 Å². The summed E-state index contributed by atoms with van der Waals surface area (Å²) in [5.41, 5.74) is 3.35. The maximum Gasteiger partial charge on any atom is 0.247 e. The molecular formula is C22H21N5O2. The Hall–Kier alpha value is -3.48. The summed E-state index contributed by atoms with van der Waals surface area (Å²) in [6.07, 6.45) is 1.39. The van der Waals surface area contributed by atoms with Crippen molar-refractivity contribution in [2.75, 3.05) is 0 Å². The van der Waals surface area contributed by atoms with Gasteiger partial charge in [0.2, 0.25) is 23.6 Å². The molecule has 0 aliphatic heterocycles. The number of hydrogen-bond acceptors (Lipinski definition) is 6. The van der Waals surface area contributed by atoms with Crippen LogP contribution in [0, 0.1) is 6.92 Å². The van der Waals surface area contributed by atoms with E-state index in [0.717, 1.165) is 12.0 Å². The fourth-order valence-electron chi connectivity index (χ4n) is 3.77. The number of hydrogen-bond donors (Lipinski definition) is 0. The second kappa shape index (κ2) is 6.84. The van der Waals surface area contributed by atoms with E-state index in [9.17, 15) is 0 Å². The summed E-state index contributed by atoms with van der Waals surface area (Å²) >= 11 is 0. The van der Waals surface area contributed by atoms with Gasteiger partial charge in [-0.15, -0.1) is 20.4 Å². The molecule has 146 valence electrons. The molecule has 0 bridgehead atoms. The van der Waals surface area contributed by atoms with Crippen LogP contribution in [0.5, 0.6) is 0 Å². The van der Waals surface area contributed by atoms with E-state index in [2.05, 4.69) is 75.2 Å². The van der Waals surface area contributed by atoms with Crippen molar-refractivity contribution in [2.24, 2.45) is 0 Å². The molecule has 7 nitrogen and oxygen atoms in total. The van der Waals surface area contributed by atoms with Crippen LogP contribution in [0.3, 0.4) is 0 Å². The van der Waals surface area contributed by atoms with Crippen LogP contribution >= 0.6 is 0 Å². The van der Waals surface area contributed by atoms with Gasteiger partial charge in [0.15, 0.2) is 0 Å². The molecule has 5 aromatic rings. The largest absolute Gasteiger partial charge is 0.425 e. The van der Waals surface area contributed by atoms with E-state index in [4.69, 9.17) is 8.83 Å². The summed E-state index contributed by atoms with van der Waals surface area (Å²) in [6, 6.07) is 15.2. The molecule has 0 saturated heterocycles. The lowest BCUT2D eigenvalue weighted by Crippen LogP contribution is -2.02. The highest BCUT2D eigenvalue weighted by Gasteiger charge is 2.17. The van der Waals surface area contributed by atoms with Crippen LogP contribution in [0.15, 0.2) is 51.3 Å². The number of nitrogens with zero attached hydrogens (tertiary/aromatic N) is 5. The van der Waals surface area contributed by atoms with Crippen LogP contribution in [0.2, 0.25) is 0 Å². The Morgan fingerprint density at radius 2 is 1.66 bits per heavy atom. The van der Waals surface area contributed by atoms with Crippen LogP contribution in [0.25, 0.3) is 33.3 Å².